The molecule has 4 unspecified atom stereocenters. The minimum Gasteiger partial charge on any atom is -0.391 e. The lowest BCUT2D eigenvalue weighted by Gasteiger charge is -2.35. The van der Waals surface area contributed by atoms with Crippen molar-refractivity contribution >= 4 is 13.7 Å². The van der Waals surface area contributed by atoms with E-state index in [9.17, 15) is 19.6 Å². The molecular formula is C10H17N2O9P. The zero-order valence-corrected chi connectivity index (χ0v) is 12.2. The van der Waals surface area contributed by atoms with E-state index in [1.165, 1.54) is 11.1 Å². The summed E-state index contributed by atoms with van der Waals surface area (Å²) in [6, 6.07) is 0. The van der Waals surface area contributed by atoms with Crippen LogP contribution in [0.2, 0.25) is 0 Å². The molecule has 0 radical (unpaired) electrons. The summed E-state index contributed by atoms with van der Waals surface area (Å²) in [7, 11) is -4.69. The molecule has 0 aromatic rings. The topological polar surface area (TPSA) is 169 Å². The first-order valence-electron chi connectivity index (χ1n) is 6.33. The minimum absolute atomic E-state index is 0.00157. The number of nitrogens with zero attached hydrogens (tertiary/aromatic N) is 1. The van der Waals surface area contributed by atoms with E-state index in [1.807, 2.05) is 0 Å². The van der Waals surface area contributed by atoms with Crippen LogP contribution >= 0.6 is 7.82 Å². The molecule has 0 aromatic carbocycles. The molecule has 4 atom stereocenters. The highest BCUT2D eigenvalue weighted by atomic mass is 31.2. The van der Waals surface area contributed by atoms with Crippen LogP contribution in [-0.4, -0.2) is 73.9 Å². The first-order chi connectivity index (χ1) is 10.2. The number of carbonyl (C=O) groups is 1. The van der Waals surface area contributed by atoms with E-state index in [0.29, 0.717) is 0 Å². The number of aliphatic hydroxyl groups excluding tert-OH is 3. The molecule has 0 spiro atoms. The van der Waals surface area contributed by atoms with Crippen molar-refractivity contribution in [1.29, 1.82) is 0 Å². The largest absolute Gasteiger partial charge is 0.469 e. The number of aliphatic hydroxyl groups is 3. The van der Waals surface area contributed by atoms with Gasteiger partial charge < -0.3 is 40.1 Å². The second-order valence-electron chi connectivity index (χ2n) is 4.83. The standard InChI is InChI=1S/C10H17N2O9P/c13-3-5-2-12(10(16)11-9(5)15)8-1-6(14)7(21-8)4-20-22(17,18)19/h2,6-8,10,13-14,16H,1,3-4H2,(H,11,15)(H2,17,18,19). The Labute approximate surface area is 125 Å². The molecule has 2 aliphatic heterocycles. The van der Waals surface area contributed by atoms with Crippen LogP contribution in [0, 0.1) is 0 Å². The van der Waals surface area contributed by atoms with Crippen molar-refractivity contribution in [1.82, 2.24) is 10.2 Å². The van der Waals surface area contributed by atoms with E-state index in [-0.39, 0.29) is 12.0 Å². The molecule has 11 nitrogen and oxygen atoms in total. The van der Waals surface area contributed by atoms with Crippen LogP contribution in [0.5, 0.6) is 0 Å². The molecule has 2 heterocycles. The Bertz CT molecular complexity index is 507. The molecule has 12 heteroatoms. The number of nitrogens with one attached hydrogen (secondary N) is 1. The van der Waals surface area contributed by atoms with Gasteiger partial charge >= 0.3 is 7.82 Å². The molecule has 1 fully saturated rings. The average molecular weight is 340 g/mol. The fraction of sp³-hybridized carbons (Fsp3) is 0.700. The molecule has 0 aromatic heterocycles. The van der Waals surface area contributed by atoms with E-state index in [2.05, 4.69) is 9.84 Å². The third-order valence-corrected chi connectivity index (χ3v) is 3.74. The highest BCUT2D eigenvalue weighted by Gasteiger charge is 2.41. The van der Waals surface area contributed by atoms with E-state index in [4.69, 9.17) is 19.6 Å². The average Bonchev–Trinajstić information content (AvgIpc) is 2.77. The zero-order valence-electron chi connectivity index (χ0n) is 11.3. The third-order valence-electron chi connectivity index (χ3n) is 3.25. The molecule has 1 amide bonds. The predicted molar refractivity (Wildman–Crippen MR) is 68.4 cm³/mol. The normalized spacial score (nSPS) is 32.9. The Kier molecular flexibility index (Phi) is 5.20. The summed E-state index contributed by atoms with van der Waals surface area (Å²) in [6.07, 6.45) is -3.15. The Hall–Kier alpha value is -1.04. The van der Waals surface area contributed by atoms with Gasteiger partial charge in [-0.05, 0) is 0 Å². The van der Waals surface area contributed by atoms with Crippen molar-refractivity contribution in [2.45, 2.75) is 31.2 Å². The van der Waals surface area contributed by atoms with Crippen LogP contribution in [0.3, 0.4) is 0 Å². The lowest BCUT2D eigenvalue weighted by atomic mass is 10.1. The summed E-state index contributed by atoms with van der Waals surface area (Å²) in [5.41, 5.74) is -0.00157. The van der Waals surface area contributed by atoms with Crippen molar-refractivity contribution in [2.75, 3.05) is 13.2 Å². The van der Waals surface area contributed by atoms with Gasteiger partial charge in [-0.1, -0.05) is 0 Å². The highest BCUT2D eigenvalue weighted by Crippen LogP contribution is 2.37. The molecule has 2 rings (SSSR count). The summed E-state index contributed by atoms with van der Waals surface area (Å²) in [4.78, 5) is 29.9. The maximum atomic E-state index is 11.4. The number of hydrogen-bond donors (Lipinski definition) is 6. The number of phosphoric acid groups is 1. The number of hydrogen-bond acceptors (Lipinski definition) is 8. The number of ether oxygens (including phenoxy) is 1. The molecule has 0 bridgehead atoms. The summed E-state index contributed by atoms with van der Waals surface area (Å²) >= 11 is 0. The van der Waals surface area contributed by atoms with Gasteiger partial charge in [0.1, 0.15) is 12.3 Å². The lowest BCUT2D eigenvalue weighted by Crippen LogP contribution is -2.54. The van der Waals surface area contributed by atoms with Crippen molar-refractivity contribution in [3.05, 3.63) is 11.8 Å². The summed E-state index contributed by atoms with van der Waals surface area (Å²) < 4.78 is 20.3. The van der Waals surface area contributed by atoms with Gasteiger partial charge in [-0.25, -0.2) is 4.57 Å². The van der Waals surface area contributed by atoms with Crippen LogP contribution in [-0.2, 0) is 18.6 Å². The van der Waals surface area contributed by atoms with Crippen molar-refractivity contribution < 1.29 is 43.7 Å². The SMILES string of the molecule is O=C1NC(O)N(C2CC(O)C(COP(=O)(O)O)O2)C=C1CO. The number of amides is 1. The molecule has 6 N–H and O–H groups in total. The number of carbonyl (C=O) groups excluding carboxylic acids is 1. The predicted octanol–water partition coefficient (Wildman–Crippen LogP) is -2.84. The zero-order chi connectivity index (χ0) is 16.5. The van der Waals surface area contributed by atoms with E-state index in [0.717, 1.165) is 0 Å². The van der Waals surface area contributed by atoms with E-state index >= 15 is 0 Å². The summed E-state index contributed by atoms with van der Waals surface area (Å²) in [5.74, 6) is -0.633. The van der Waals surface area contributed by atoms with Crippen molar-refractivity contribution in [3.63, 3.8) is 0 Å². The van der Waals surface area contributed by atoms with Crippen molar-refractivity contribution in [2.24, 2.45) is 0 Å². The van der Waals surface area contributed by atoms with Gasteiger partial charge in [-0.15, -0.1) is 0 Å². The van der Waals surface area contributed by atoms with Gasteiger partial charge in [-0.3, -0.25) is 9.32 Å². The second kappa shape index (κ2) is 6.60. The minimum atomic E-state index is -4.69. The van der Waals surface area contributed by atoms with Gasteiger partial charge in [-0.2, -0.15) is 0 Å². The molecule has 0 aliphatic carbocycles. The molecule has 0 saturated carbocycles. The van der Waals surface area contributed by atoms with Gasteiger partial charge in [0, 0.05) is 12.6 Å². The molecule has 1 saturated heterocycles. The van der Waals surface area contributed by atoms with Gasteiger partial charge in [0.2, 0.25) is 6.35 Å². The number of phosphoric ester groups is 1. The summed E-state index contributed by atoms with van der Waals surface area (Å²) in [6.45, 7) is -1.08. The van der Waals surface area contributed by atoms with Crippen LogP contribution in [0.4, 0.5) is 0 Å². The highest BCUT2D eigenvalue weighted by molar-refractivity contribution is 7.46. The molecule has 2 aliphatic rings. The summed E-state index contributed by atoms with van der Waals surface area (Å²) in [5, 5.41) is 30.9. The monoisotopic (exact) mass is 340 g/mol. The van der Waals surface area contributed by atoms with Crippen LogP contribution in [0.25, 0.3) is 0 Å². The second-order valence-corrected chi connectivity index (χ2v) is 6.06. The first kappa shape index (κ1) is 17.3. The maximum absolute atomic E-state index is 11.4. The van der Waals surface area contributed by atoms with Crippen molar-refractivity contribution in [3.8, 4) is 0 Å². The Balaban J connectivity index is 2.03. The molecular weight excluding hydrogens is 323 g/mol. The fourth-order valence-electron chi connectivity index (χ4n) is 2.17. The lowest BCUT2D eigenvalue weighted by molar-refractivity contribution is -0.143. The van der Waals surface area contributed by atoms with Gasteiger partial charge in [0.15, 0.2) is 0 Å². The maximum Gasteiger partial charge on any atom is 0.469 e. The Morgan fingerprint density at radius 2 is 2.14 bits per heavy atom. The smallest absolute Gasteiger partial charge is 0.391 e. The Morgan fingerprint density at radius 1 is 1.45 bits per heavy atom. The van der Waals surface area contributed by atoms with E-state index < -0.39 is 51.7 Å². The first-order valence-corrected chi connectivity index (χ1v) is 7.86. The fourth-order valence-corrected chi connectivity index (χ4v) is 2.51. The quantitative estimate of drug-likeness (QED) is 0.287. The van der Waals surface area contributed by atoms with Gasteiger partial charge in [0.05, 0.1) is 24.9 Å². The van der Waals surface area contributed by atoms with E-state index in [1.54, 1.807) is 0 Å². The van der Waals surface area contributed by atoms with Gasteiger partial charge in [0.25, 0.3) is 5.91 Å². The molecule has 22 heavy (non-hydrogen) atoms. The van der Waals surface area contributed by atoms with Crippen LogP contribution in [0.15, 0.2) is 11.8 Å². The Morgan fingerprint density at radius 3 is 2.73 bits per heavy atom. The third kappa shape index (κ3) is 4.03. The number of rotatable bonds is 5. The van der Waals surface area contributed by atoms with Crippen LogP contribution in [0.1, 0.15) is 6.42 Å². The molecule has 126 valence electrons. The van der Waals surface area contributed by atoms with Crippen LogP contribution < -0.4 is 5.32 Å².